The first-order valence-electron chi connectivity index (χ1n) is 5.11. The molecule has 1 unspecified atom stereocenters. The molecule has 1 N–H and O–H groups in total. The number of rotatable bonds is 8. The van der Waals surface area contributed by atoms with Crippen LogP contribution in [0, 0.1) is 0 Å². The molecule has 0 aromatic rings. The second kappa shape index (κ2) is 8.48. The summed E-state index contributed by atoms with van der Waals surface area (Å²) >= 11 is 0. The van der Waals surface area contributed by atoms with Crippen molar-refractivity contribution in [1.29, 1.82) is 0 Å². The molecule has 0 amide bonds. The molecule has 0 aliphatic carbocycles. The zero-order valence-corrected chi connectivity index (χ0v) is 9.47. The maximum atomic E-state index is 5.01. The molecule has 0 spiro atoms. The molecule has 0 rings (SSSR count). The highest BCUT2D eigenvalue weighted by molar-refractivity contribution is 4.64. The van der Waals surface area contributed by atoms with Crippen molar-refractivity contribution >= 4 is 0 Å². The lowest BCUT2D eigenvalue weighted by molar-refractivity contribution is 0.156. The van der Waals surface area contributed by atoms with Crippen molar-refractivity contribution in [3.63, 3.8) is 0 Å². The van der Waals surface area contributed by atoms with Gasteiger partial charge in [-0.1, -0.05) is 6.92 Å². The van der Waals surface area contributed by atoms with Gasteiger partial charge in [0.2, 0.25) is 0 Å². The summed E-state index contributed by atoms with van der Waals surface area (Å²) in [4.78, 5) is 2.29. The molecule has 0 aromatic heterocycles. The molecule has 0 saturated carbocycles. The van der Waals surface area contributed by atoms with Gasteiger partial charge in [-0.05, 0) is 26.9 Å². The number of ether oxygens (including phenoxy) is 1. The number of nitrogens with one attached hydrogen (secondary N) is 1. The van der Waals surface area contributed by atoms with Crippen LogP contribution in [0.1, 0.15) is 20.3 Å². The van der Waals surface area contributed by atoms with Crippen molar-refractivity contribution in [2.24, 2.45) is 0 Å². The fourth-order valence-corrected chi connectivity index (χ4v) is 1.26. The van der Waals surface area contributed by atoms with Crippen LogP contribution < -0.4 is 5.32 Å². The van der Waals surface area contributed by atoms with Gasteiger partial charge in [-0.3, -0.25) is 0 Å². The second-order valence-corrected chi connectivity index (χ2v) is 3.61. The third-order valence-electron chi connectivity index (χ3n) is 2.01. The van der Waals surface area contributed by atoms with E-state index in [1.54, 1.807) is 7.11 Å². The Hall–Kier alpha value is -0.120. The summed E-state index contributed by atoms with van der Waals surface area (Å²) in [6.07, 6.45) is 1.20. The fourth-order valence-electron chi connectivity index (χ4n) is 1.26. The lowest BCUT2D eigenvalue weighted by atomic mass is 10.3. The summed E-state index contributed by atoms with van der Waals surface area (Å²) in [5.74, 6) is 0. The lowest BCUT2D eigenvalue weighted by Gasteiger charge is -2.21. The predicted molar refractivity (Wildman–Crippen MR) is 57.1 cm³/mol. The van der Waals surface area contributed by atoms with Crippen molar-refractivity contribution in [2.75, 3.05) is 40.4 Å². The predicted octanol–water partition coefficient (Wildman–Crippen LogP) is 0.953. The minimum Gasteiger partial charge on any atom is -0.383 e. The van der Waals surface area contributed by atoms with Gasteiger partial charge in [-0.15, -0.1) is 0 Å². The van der Waals surface area contributed by atoms with Gasteiger partial charge < -0.3 is 15.0 Å². The smallest absolute Gasteiger partial charge is 0.0589 e. The Morgan fingerprint density at radius 2 is 2.15 bits per heavy atom. The quantitative estimate of drug-likeness (QED) is 0.614. The highest BCUT2D eigenvalue weighted by Crippen LogP contribution is 1.89. The van der Waals surface area contributed by atoms with Crippen LogP contribution in [0.5, 0.6) is 0 Å². The van der Waals surface area contributed by atoms with Crippen molar-refractivity contribution in [2.45, 2.75) is 26.3 Å². The van der Waals surface area contributed by atoms with E-state index in [0.717, 1.165) is 26.2 Å². The fraction of sp³-hybridized carbons (Fsp3) is 1.00. The van der Waals surface area contributed by atoms with Crippen LogP contribution >= 0.6 is 0 Å². The van der Waals surface area contributed by atoms with Gasteiger partial charge in [0.05, 0.1) is 6.61 Å². The summed E-state index contributed by atoms with van der Waals surface area (Å²) in [6.45, 7) is 8.43. The van der Waals surface area contributed by atoms with Crippen LogP contribution in [0.4, 0.5) is 0 Å². The molecular weight excluding hydrogens is 164 g/mol. The number of hydrogen-bond donors (Lipinski definition) is 1. The standard InChI is InChI=1S/C10H24N2O/c1-5-6-11-10(2)9-12(3)7-8-13-4/h10-11H,5-9H2,1-4H3. The van der Waals surface area contributed by atoms with E-state index in [4.69, 9.17) is 4.74 Å². The number of methoxy groups -OCH3 is 1. The SMILES string of the molecule is CCCNC(C)CN(C)CCOC. The average molecular weight is 188 g/mol. The lowest BCUT2D eigenvalue weighted by Crippen LogP contribution is -2.38. The Labute approximate surface area is 82.4 Å². The molecule has 0 radical (unpaired) electrons. The first-order valence-corrected chi connectivity index (χ1v) is 5.11. The van der Waals surface area contributed by atoms with Gasteiger partial charge >= 0.3 is 0 Å². The summed E-state index contributed by atoms with van der Waals surface area (Å²) in [5.41, 5.74) is 0. The van der Waals surface area contributed by atoms with E-state index in [1.165, 1.54) is 6.42 Å². The largest absolute Gasteiger partial charge is 0.383 e. The van der Waals surface area contributed by atoms with E-state index in [-0.39, 0.29) is 0 Å². The summed E-state index contributed by atoms with van der Waals surface area (Å²) in [5, 5.41) is 3.46. The van der Waals surface area contributed by atoms with Gasteiger partial charge in [0.15, 0.2) is 0 Å². The van der Waals surface area contributed by atoms with Crippen molar-refractivity contribution in [3.8, 4) is 0 Å². The van der Waals surface area contributed by atoms with Gasteiger partial charge in [-0.2, -0.15) is 0 Å². The van der Waals surface area contributed by atoms with Crippen molar-refractivity contribution < 1.29 is 4.74 Å². The molecule has 0 saturated heterocycles. The van der Waals surface area contributed by atoms with E-state index in [9.17, 15) is 0 Å². The molecule has 0 heterocycles. The molecule has 0 bridgehead atoms. The van der Waals surface area contributed by atoms with Gasteiger partial charge in [0.25, 0.3) is 0 Å². The first-order chi connectivity index (χ1) is 6.20. The van der Waals surface area contributed by atoms with Gasteiger partial charge in [0.1, 0.15) is 0 Å². The molecule has 1 atom stereocenters. The maximum Gasteiger partial charge on any atom is 0.0589 e. The van der Waals surface area contributed by atoms with Crippen LogP contribution in [0.25, 0.3) is 0 Å². The number of hydrogen-bond acceptors (Lipinski definition) is 3. The van der Waals surface area contributed by atoms with Gasteiger partial charge in [-0.25, -0.2) is 0 Å². The molecular formula is C10H24N2O. The summed E-state index contributed by atoms with van der Waals surface area (Å²) in [7, 11) is 3.87. The minimum absolute atomic E-state index is 0.571. The molecule has 0 aromatic carbocycles. The van der Waals surface area contributed by atoms with Crippen LogP contribution in [-0.2, 0) is 4.74 Å². The Balaban J connectivity index is 3.35. The highest BCUT2D eigenvalue weighted by atomic mass is 16.5. The Bertz CT molecular complexity index is 97.1. The normalized spacial score (nSPS) is 13.6. The Morgan fingerprint density at radius 3 is 2.69 bits per heavy atom. The molecule has 0 fully saturated rings. The highest BCUT2D eigenvalue weighted by Gasteiger charge is 2.04. The third-order valence-corrected chi connectivity index (χ3v) is 2.01. The summed E-state index contributed by atoms with van der Waals surface area (Å²) in [6, 6.07) is 0.571. The van der Waals surface area contributed by atoms with E-state index in [1.807, 2.05) is 0 Å². The van der Waals surface area contributed by atoms with Crippen molar-refractivity contribution in [1.82, 2.24) is 10.2 Å². The maximum absolute atomic E-state index is 5.01. The average Bonchev–Trinajstić information content (AvgIpc) is 2.11. The first kappa shape index (κ1) is 12.9. The van der Waals surface area contributed by atoms with Crippen LogP contribution in [-0.4, -0.2) is 51.3 Å². The van der Waals surface area contributed by atoms with Crippen LogP contribution in [0.3, 0.4) is 0 Å². The van der Waals surface area contributed by atoms with Crippen LogP contribution in [0.15, 0.2) is 0 Å². The Kier molecular flexibility index (Phi) is 8.40. The van der Waals surface area contributed by atoms with E-state index in [2.05, 4.69) is 31.1 Å². The number of likely N-dealkylation sites (N-methyl/N-ethyl adjacent to an activating group) is 1. The Morgan fingerprint density at radius 1 is 1.46 bits per heavy atom. The van der Waals surface area contributed by atoms with Crippen LogP contribution in [0.2, 0.25) is 0 Å². The molecule has 3 heteroatoms. The van der Waals surface area contributed by atoms with Crippen molar-refractivity contribution in [3.05, 3.63) is 0 Å². The zero-order valence-electron chi connectivity index (χ0n) is 9.47. The zero-order chi connectivity index (χ0) is 10.1. The van der Waals surface area contributed by atoms with E-state index >= 15 is 0 Å². The van der Waals surface area contributed by atoms with Gasteiger partial charge in [0, 0.05) is 26.2 Å². The molecule has 3 nitrogen and oxygen atoms in total. The third kappa shape index (κ3) is 8.22. The molecule has 0 aliphatic heterocycles. The molecule has 80 valence electrons. The minimum atomic E-state index is 0.571. The topological polar surface area (TPSA) is 24.5 Å². The molecule has 13 heavy (non-hydrogen) atoms. The number of nitrogens with zero attached hydrogens (tertiary/aromatic N) is 1. The van der Waals surface area contributed by atoms with E-state index < -0.39 is 0 Å². The molecule has 0 aliphatic rings. The second-order valence-electron chi connectivity index (χ2n) is 3.61. The summed E-state index contributed by atoms with van der Waals surface area (Å²) < 4.78 is 5.01. The van der Waals surface area contributed by atoms with E-state index in [0.29, 0.717) is 6.04 Å². The monoisotopic (exact) mass is 188 g/mol.